The molecule has 19 heavy (non-hydrogen) atoms. The van der Waals surface area contributed by atoms with E-state index in [0.717, 1.165) is 37.6 Å². The Morgan fingerprint density at radius 1 is 1.11 bits per heavy atom. The van der Waals surface area contributed by atoms with Crippen molar-refractivity contribution in [2.24, 2.45) is 0 Å². The highest BCUT2D eigenvalue weighted by Crippen LogP contribution is 2.30. The second-order valence-electron chi connectivity index (χ2n) is 5.01. The molecular formula is C13H21N3O2S. The van der Waals surface area contributed by atoms with Crippen molar-refractivity contribution in [3.8, 4) is 0 Å². The second-order valence-corrected chi connectivity index (χ2v) is 7.02. The molecular weight excluding hydrogens is 262 g/mol. The van der Waals surface area contributed by atoms with Gasteiger partial charge in [0.15, 0.2) is 0 Å². The summed E-state index contributed by atoms with van der Waals surface area (Å²) in [5.41, 5.74) is 1.73. The van der Waals surface area contributed by atoms with E-state index in [1.807, 2.05) is 24.3 Å². The van der Waals surface area contributed by atoms with Crippen LogP contribution in [0.15, 0.2) is 24.3 Å². The van der Waals surface area contributed by atoms with Crippen LogP contribution in [0.3, 0.4) is 0 Å². The van der Waals surface area contributed by atoms with E-state index in [1.54, 1.807) is 7.05 Å². The lowest BCUT2D eigenvalue weighted by Crippen LogP contribution is -2.45. The van der Waals surface area contributed by atoms with Crippen molar-refractivity contribution in [1.29, 1.82) is 0 Å². The number of anilines is 2. The Morgan fingerprint density at radius 3 is 2.26 bits per heavy atom. The van der Waals surface area contributed by atoms with Gasteiger partial charge in [-0.05, 0) is 19.2 Å². The zero-order valence-electron chi connectivity index (χ0n) is 11.7. The van der Waals surface area contributed by atoms with Gasteiger partial charge in [-0.25, -0.2) is 8.42 Å². The predicted octanol–water partition coefficient (Wildman–Crippen LogP) is 0.834. The van der Waals surface area contributed by atoms with Crippen LogP contribution in [-0.4, -0.2) is 59.8 Å². The molecule has 0 aliphatic carbocycles. The molecule has 1 fully saturated rings. The van der Waals surface area contributed by atoms with Gasteiger partial charge in [-0.15, -0.1) is 0 Å². The Morgan fingerprint density at radius 2 is 1.68 bits per heavy atom. The SMILES string of the molecule is CN1CCN(c2ccccc2N(C)S(C)(=O)=O)CC1. The van der Waals surface area contributed by atoms with Crippen LogP contribution in [-0.2, 0) is 10.0 Å². The molecule has 0 spiro atoms. The molecule has 0 aromatic heterocycles. The summed E-state index contributed by atoms with van der Waals surface area (Å²) in [6.45, 7) is 3.84. The zero-order valence-corrected chi connectivity index (χ0v) is 12.5. The summed E-state index contributed by atoms with van der Waals surface area (Å²) >= 11 is 0. The Kier molecular flexibility index (Phi) is 4.01. The summed E-state index contributed by atoms with van der Waals surface area (Å²) in [6, 6.07) is 7.67. The van der Waals surface area contributed by atoms with Crippen molar-refractivity contribution in [3.05, 3.63) is 24.3 Å². The maximum Gasteiger partial charge on any atom is 0.232 e. The molecule has 0 atom stereocenters. The quantitative estimate of drug-likeness (QED) is 0.824. The number of nitrogens with zero attached hydrogens (tertiary/aromatic N) is 3. The molecule has 1 aromatic rings. The summed E-state index contributed by atoms with van der Waals surface area (Å²) in [6.07, 6.45) is 1.23. The van der Waals surface area contributed by atoms with Gasteiger partial charge in [-0.1, -0.05) is 12.1 Å². The monoisotopic (exact) mass is 283 g/mol. The van der Waals surface area contributed by atoms with Gasteiger partial charge in [0.05, 0.1) is 17.6 Å². The number of likely N-dealkylation sites (N-methyl/N-ethyl adjacent to an activating group) is 1. The van der Waals surface area contributed by atoms with Gasteiger partial charge in [0.2, 0.25) is 10.0 Å². The first-order chi connectivity index (χ1) is 8.89. The van der Waals surface area contributed by atoms with E-state index in [4.69, 9.17) is 0 Å². The summed E-state index contributed by atoms with van der Waals surface area (Å²) in [4.78, 5) is 4.52. The minimum absolute atomic E-state index is 0.745. The lowest BCUT2D eigenvalue weighted by molar-refractivity contribution is 0.313. The molecule has 0 radical (unpaired) electrons. The van der Waals surface area contributed by atoms with E-state index in [2.05, 4.69) is 16.8 Å². The van der Waals surface area contributed by atoms with E-state index in [9.17, 15) is 8.42 Å². The molecule has 6 heteroatoms. The first-order valence-electron chi connectivity index (χ1n) is 6.36. The summed E-state index contributed by atoms with van der Waals surface area (Å²) in [7, 11) is 0.473. The van der Waals surface area contributed by atoms with Crippen LogP contribution < -0.4 is 9.21 Å². The molecule has 1 aromatic carbocycles. The number of rotatable bonds is 3. The lowest BCUT2D eigenvalue weighted by Gasteiger charge is -2.36. The maximum absolute atomic E-state index is 11.7. The first kappa shape index (κ1) is 14.1. The third-order valence-electron chi connectivity index (χ3n) is 3.56. The maximum atomic E-state index is 11.7. The van der Waals surface area contributed by atoms with E-state index < -0.39 is 10.0 Å². The van der Waals surface area contributed by atoms with Gasteiger partial charge in [0, 0.05) is 33.2 Å². The van der Waals surface area contributed by atoms with Gasteiger partial charge in [0.1, 0.15) is 0 Å². The smallest absolute Gasteiger partial charge is 0.232 e. The van der Waals surface area contributed by atoms with Crippen LogP contribution in [0.4, 0.5) is 11.4 Å². The van der Waals surface area contributed by atoms with Gasteiger partial charge in [0.25, 0.3) is 0 Å². The fourth-order valence-corrected chi connectivity index (χ4v) is 2.74. The third-order valence-corrected chi connectivity index (χ3v) is 4.75. The molecule has 0 N–H and O–H groups in total. The van der Waals surface area contributed by atoms with Crippen molar-refractivity contribution >= 4 is 21.4 Å². The molecule has 1 aliphatic heterocycles. The minimum atomic E-state index is -3.23. The number of hydrogen-bond donors (Lipinski definition) is 0. The Bertz CT molecular complexity index is 537. The lowest BCUT2D eigenvalue weighted by atomic mass is 10.2. The second kappa shape index (κ2) is 5.38. The van der Waals surface area contributed by atoms with Gasteiger partial charge < -0.3 is 9.80 Å². The van der Waals surface area contributed by atoms with Gasteiger partial charge >= 0.3 is 0 Å². The highest BCUT2D eigenvalue weighted by atomic mass is 32.2. The topological polar surface area (TPSA) is 43.9 Å². The van der Waals surface area contributed by atoms with Crippen LogP contribution in [0.2, 0.25) is 0 Å². The highest BCUT2D eigenvalue weighted by molar-refractivity contribution is 7.92. The van der Waals surface area contributed by atoms with Crippen LogP contribution in [0.5, 0.6) is 0 Å². The molecule has 0 bridgehead atoms. The van der Waals surface area contributed by atoms with Gasteiger partial charge in [-0.3, -0.25) is 4.31 Å². The summed E-state index contributed by atoms with van der Waals surface area (Å²) in [5.74, 6) is 0. The van der Waals surface area contributed by atoms with Crippen molar-refractivity contribution in [2.75, 3.05) is 55.7 Å². The molecule has 1 saturated heterocycles. The van der Waals surface area contributed by atoms with Gasteiger partial charge in [-0.2, -0.15) is 0 Å². The van der Waals surface area contributed by atoms with Crippen LogP contribution in [0.1, 0.15) is 0 Å². The fraction of sp³-hybridized carbons (Fsp3) is 0.538. The molecule has 0 saturated carbocycles. The predicted molar refractivity (Wildman–Crippen MR) is 79.4 cm³/mol. The van der Waals surface area contributed by atoms with E-state index in [0.29, 0.717) is 0 Å². The Hall–Kier alpha value is -1.27. The molecule has 0 unspecified atom stereocenters. The third kappa shape index (κ3) is 3.19. The van der Waals surface area contributed by atoms with E-state index >= 15 is 0 Å². The molecule has 0 amide bonds. The van der Waals surface area contributed by atoms with Crippen molar-refractivity contribution in [1.82, 2.24) is 4.90 Å². The average molecular weight is 283 g/mol. The minimum Gasteiger partial charge on any atom is -0.367 e. The first-order valence-corrected chi connectivity index (χ1v) is 8.21. The van der Waals surface area contributed by atoms with Crippen molar-refractivity contribution in [2.45, 2.75) is 0 Å². The molecule has 2 rings (SSSR count). The number of benzene rings is 1. The van der Waals surface area contributed by atoms with Crippen molar-refractivity contribution in [3.63, 3.8) is 0 Å². The van der Waals surface area contributed by atoms with E-state index in [1.165, 1.54) is 10.6 Å². The Labute approximate surface area is 115 Å². The molecule has 1 aliphatic rings. The Balaban J connectivity index is 2.31. The summed E-state index contributed by atoms with van der Waals surface area (Å²) in [5, 5.41) is 0. The van der Waals surface area contributed by atoms with Crippen molar-refractivity contribution < 1.29 is 8.42 Å². The normalized spacial score (nSPS) is 17.5. The number of hydrogen-bond acceptors (Lipinski definition) is 4. The number of sulfonamides is 1. The fourth-order valence-electron chi connectivity index (χ4n) is 2.22. The number of para-hydroxylation sites is 2. The van der Waals surface area contributed by atoms with E-state index in [-0.39, 0.29) is 0 Å². The molecule has 5 nitrogen and oxygen atoms in total. The highest BCUT2D eigenvalue weighted by Gasteiger charge is 2.21. The average Bonchev–Trinajstić information content (AvgIpc) is 2.38. The van der Waals surface area contributed by atoms with Crippen LogP contribution >= 0.6 is 0 Å². The zero-order chi connectivity index (χ0) is 14.0. The number of piperazine rings is 1. The molecule has 1 heterocycles. The van der Waals surface area contributed by atoms with Crippen LogP contribution in [0, 0.1) is 0 Å². The largest absolute Gasteiger partial charge is 0.367 e. The summed E-state index contributed by atoms with van der Waals surface area (Å²) < 4.78 is 24.8. The van der Waals surface area contributed by atoms with Crippen LogP contribution in [0.25, 0.3) is 0 Å². The standard InChI is InChI=1S/C13H21N3O2S/c1-14-8-10-16(11-9-14)13-7-5-4-6-12(13)15(2)19(3,17)18/h4-7H,8-11H2,1-3H3. The molecule has 106 valence electrons.